The summed E-state index contributed by atoms with van der Waals surface area (Å²) in [6, 6.07) is 0. The van der Waals surface area contributed by atoms with Crippen molar-refractivity contribution in [3.8, 4) is 0 Å². The fraction of sp³-hybridized carbons (Fsp3) is 0.750. The minimum Gasteiger partial charge on any atom is -0.370 e. The van der Waals surface area contributed by atoms with Crippen molar-refractivity contribution in [2.45, 2.75) is 27.7 Å². The monoisotopic (exact) mass is 203 g/mol. The molecule has 0 nitrogen and oxygen atoms in total. The van der Waals surface area contributed by atoms with E-state index in [1.165, 1.54) is 0 Å². The Morgan fingerprint density at radius 2 is 0.889 bits per heavy atom. The number of hydrogen-bond donors (Lipinski definition) is 0. The first-order chi connectivity index (χ1) is 3.46. The third-order valence-electron chi connectivity index (χ3n) is 0. The van der Waals surface area contributed by atoms with Gasteiger partial charge in [0, 0.05) is 32.7 Å². The first-order valence-electron chi connectivity index (χ1n) is 3.13. The van der Waals surface area contributed by atoms with E-state index in [-0.39, 0.29) is 32.7 Å². The summed E-state index contributed by atoms with van der Waals surface area (Å²) < 4.78 is 0. The van der Waals surface area contributed by atoms with Gasteiger partial charge in [0.05, 0.1) is 0 Å². The van der Waals surface area contributed by atoms with Gasteiger partial charge in [0.1, 0.15) is 0 Å². The van der Waals surface area contributed by atoms with Crippen LogP contribution in [0, 0.1) is 25.7 Å². The van der Waals surface area contributed by atoms with Gasteiger partial charge >= 0.3 is 0 Å². The molecule has 0 heterocycles. The third-order valence-corrected chi connectivity index (χ3v) is 0. The van der Waals surface area contributed by atoms with Crippen molar-refractivity contribution < 1.29 is 32.7 Å². The maximum Gasteiger partial charge on any atom is 0 e. The maximum atomic E-state index is 3.53. The number of hydrogen-bond acceptors (Lipinski definition) is 0. The second-order valence-electron chi connectivity index (χ2n) is 2.84. The zero-order valence-corrected chi connectivity index (χ0v) is 9.98. The molecule has 0 saturated heterocycles. The molecule has 0 aromatic carbocycles. The summed E-state index contributed by atoms with van der Waals surface area (Å²) in [5.41, 5.74) is 0. The molecule has 0 bridgehead atoms. The molecule has 0 fully saturated rings. The molecule has 0 aliphatic heterocycles. The van der Waals surface area contributed by atoms with Gasteiger partial charge in [0.15, 0.2) is 0 Å². The summed E-state index contributed by atoms with van der Waals surface area (Å²) in [7, 11) is 0. The van der Waals surface area contributed by atoms with Crippen molar-refractivity contribution >= 4 is 0 Å². The predicted octanol–water partition coefficient (Wildman–Crippen LogP) is 2.95. The predicted molar refractivity (Wildman–Crippen MR) is 40.4 cm³/mol. The van der Waals surface area contributed by atoms with Crippen LogP contribution >= 0.6 is 0 Å². The Labute approximate surface area is 85.7 Å². The minimum atomic E-state index is 0. The molecular weight excluding hydrogens is 185 g/mol. The molecular formula is C8H18Y-2. The third kappa shape index (κ3) is 377. The van der Waals surface area contributed by atoms with Gasteiger partial charge < -0.3 is 19.8 Å². The molecule has 0 unspecified atom stereocenters. The average Bonchev–Trinajstić information content (AvgIpc) is 1.25. The van der Waals surface area contributed by atoms with Crippen molar-refractivity contribution in [1.82, 2.24) is 0 Å². The fourth-order valence-electron chi connectivity index (χ4n) is 0. The van der Waals surface area contributed by atoms with Crippen LogP contribution in [0.5, 0.6) is 0 Å². The van der Waals surface area contributed by atoms with E-state index in [9.17, 15) is 0 Å². The standard InChI is InChI=1S/C4H10.C4H8.Y/c2*1-4(2)3;/h4H,1-3H3;4H,1-2H2,3H3;/q;-2;. The van der Waals surface area contributed by atoms with E-state index in [0.29, 0.717) is 5.92 Å². The molecule has 1 heteroatoms. The van der Waals surface area contributed by atoms with Crippen LogP contribution in [-0.4, -0.2) is 0 Å². The van der Waals surface area contributed by atoms with E-state index in [1.807, 2.05) is 6.92 Å². The molecule has 0 aromatic rings. The molecule has 0 saturated carbocycles. The van der Waals surface area contributed by atoms with Crippen LogP contribution in [0.15, 0.2) is 0 Å². The van der Waals surface area contributed by atoms with Gasteiger partial charge in [-0.05, 0) is 5.92 Å². The summed E-state index contributed by atoms with van der Waals surface area (Å²) in [5.74, 6) is 1.17. The molecule has 0 spiro atoms. The van der Waals surface area contributed by atoms with E-state index >= 15 is 0 Å². The Morgan fingerprint density at radius 3 is 0.889 bits per heavy atom. The van der Waals surface area contributed by atoms with Crippen LogP contribution < -0.4 is 0 Å². The average molecular weight is 203 g/mol. The molecule has 1 radical (unpaired) electrons. The topological polar surface area (TPSA) is 0 Å². The Balaban J connectivity index is -0.0000000720. The van der Waals surface area contributed by atoms with Gasteiger partial charge in [-0.2, -0.15) is 0 Å². The zero-order valence-electron chi connectivity index (χ0n) is 7.15. The van der Waals surface area contributed by atoms with Crippen LogP contribution in [0.2, 0.25) is 0 Å². The molecule has 0 aromatic heterocycles. The minimum absolute atomic E-state index is 0. The summed E-state index contributed by atoms with van der Waals surface area (Å²) in [6.45, 7) is 15.5. The van der Waals surface area contributed by atoms with Crippen molar-refractivity contribution in [2.24, 2.45) is 11.8 Å². The molecule has 0 N–H and O–H groups in total. The Bertz CT molecular complexity index is 20.0. The molecule has 0 aliphatic carbocycles. The second kappa shape index (κ2) is 11.8. The van der Waals surface area contributed by atoms with Crippen LogP contribution in [0.3, 0.4) is 0 Å². The fourth-order valence-corrected chi connectivity index (χ4v) is 0. The van der Waals surface area contributed by atoms with E-state index in [2.05, 4.69) is 34.6 Å². The molecule has 0 amide bonds. The summed E-state index contributed by atoms with van der Waals surface area (Å²) in [6.07, 6.45) is 0. The molecule has 9 heavy (non-hydrogen) atoms. The van der Waals surface area contributed by atoms with Gasteiger partial charge in [0.25, 0.3) is 0 Å². The van der Waals surface area contributed by atoms with E-state index in [1.54, 1.807) is 0 Å². The van der Waals surface area contributed by atoms with E-state index in [0.717, 1.165) is 5.92 Å². The van der Waals surface area contributed by atoms with Gasteiger partial charge in [-0.25, -0.2) is 0 Å². The smallest absolute Gasteiger partial charge is 0 e. The van der Waals surface area contributed by atoms with Crippen molar-refractivity contribution in [1.29, 1.82) is 0 Å². The molecule has 0 rings (SSSR count). The zero-order chi connectivity index (χ0) is 7.15. The first-order valence-corrected chi connectivity index (χ1v) is 3.13. The summed E-state index contributed by atoms with van der Waals surface area (Å²) >= 11 is 0. The molecule has 0 atom stereocenters. The Morgan fingerprint density at radius 1 is 0.889 bits per heavy atom. The van der Waals surface area contributed by atoms with Gasteiger partial charge in [-0.15, -0.1) is 6.92 Å². The molecule has 0 aliphatic rings. The van der Waals surface area contributed by atoms with Gasteiger partial charge in [-0.1, -0.05) is 20.8 Å². The van der Waals surface area contributed by atoms with Gasteiger partial charge in [0.2, 0.25) is 0 Å². The van der Waals surface area contributed by atoms with Crippen LogP contribution in [0.1, 0.15) is 27.7 Å². The van der Waals surface area contributed by atoms with E-state index < -0.39 is 0 Å². The largest absolute Gasteiger partial charge is 0.370 e. The number of rotatable bonds is 0. The summed E-state index contributed by atoms with van der Waals surface area (Å²) in [5, 5.41) is 0. The summed E-state index contributed by atoms with van der Waals surface area (Å²) in [4.78, 5) is 0. The second-order valence-corrected chi connectivity index (χ2v) is 2.84. The van der Waals surface area contributed by atoms with Crippen molar-refractivity contribution in [2.75, 3.05) is 0 Å². The maximum absolute atomic E-state index is 3.53. The van der Waals surface area contributed by atoms with Crippen molar-refractivity contribution in [3.63, 3.8) is 0 Å². The quantitative estimate of drug-likeness (QED) is 0.531. The van der Waals surface area contributed by atoms with Crippen molar-refractivity contribution in [3.05, 3.63) is 13.8 Å². The van der Waals surface area contributed by atoms with E-state index in [4.69, 9.17) is 0 Å². The van der Waals surface area contributed by atoms with Crippen LogP contribution in [0.25, 0.3) is 0 Å². The molecule has 55 valence electrons. The van der Waals surface area contributed by atoms with Crippen LogP contribution in [0.4, 0.5) is 0 Å². The first kappa shape index (κ1) is 16.6. The Hall–Kier alpha value is 1.10. The normalized spacial score (nSPS) is 8.00. The SMILES string of the molecule is CC(C)C.[CH2-]C([CH2-])C.[Y]. The van der Waals surface area contributed by atoms with Crippen LogP contribution in [-0.2, 0) is 32.7 Å². The Kier molecular flexibility index (Phi) is 21.8. The van der Waals surface area contributed by atoms with Gasteiger partial charge in [-0.3, -0.25) is 0 Å².